The van der Waals surface area contributed by atoms with Crippen molar-refractivity contribution in [2.24, 2.45) is 0 Å². The maximum Gasteiger partial charge on any atom is 0.253 e. The molecule has 0 spiro atoms. The predicted octanol–water partition coefficient (Wildman–Crippen LogP) is 3.58. The van der Waals surface area contributed by atoms with Crippen molar-refractivity contribution in [1.82, 2.24) is 9.62 Å². The molecule has 0 saturated carbocycles. The van der Waals surface area contributed by atoms with Crippen LogP contribution in [0, 0.1) is 5.82 Å². The molecule has 2 aromatic carbocycles. The number of benzene rings is 2. The molecule has 0 aromatic heterocycles. The molecule has 1 aliphatic heterocycles. The number of rotatable bonds is 5. The Labute approximate surface area is 163 Å². The molecule has 144 valence electrons. The SMILES string of the molecule is O=C(NCc1ccc(S(=O)(=O)N2CCCCC2)cc1)c1ccc(F)cc1Cl. The Bertz CT molecular complexity index is 926. The zero-order chi connectivity index (χ0) is 19.4. The van der Waals surface area contributed by atoms with Gasteiger partial charge in [0.1, 0.15) is 5.82 Å². The van der Waals surface area contributed by atoms with Crippen LogP contribution < -0.4 is 5.32 Å². The third-order valence-corrected chi connectivity index (χ3v) is 6.73. The van der Waals surface area contributed by atoms with Gasteiger partial charge in [-0.2, -0.15) is 4.31 Å². The minimum absolute atomic E-state index is 0.0375. The van der Waals surface area contributed by atoms with Gasteiger partial charge >= 0.3 is 0 Å². The fourth-order valence-electron chi connectivity index (χ4n) is 2.98. The number of carbonyl (C=O) groups excluding carboxylic acids is 1. The highest BCUT2D eigenvalue weighted by Crippen LogP contribution is 2.21. The first-order chi connectivity index (χ1) is 12.9. The summed E-state index contributed by atoms with van der Waals surface area (Å²) in [4.78, 5) is 12.4. The molecule has 8 heteroatoms. The lowest BCUT2D eigenvalue weighted by Gasteiger charge is -2.25. The third-order valence-electron chi connectivity index (χ3n) is 4.50. The lowest BCUT2D eigenvalue weighted by molar-refractivity contribution is 0.0951. The van der Waals surface area contributed by atoms with Gasteiger partial charge in [0.05, 0.1) is 15.5 Å². The molecule has 0 unspecified atom stereocenters. The minimum atomic E-state index is -3.47. The summed E-state index contributed by atoms with van der Waals surface area (Å²) >= 11 is 5.88. The summed E-state index contributed by atoms with van der Waals surface area (Å²) in [5.41, 5.74) is 0.932. The monoisotopic (exact) mass is 410 g/mol. The number of hydrogen-bond donors (Lipinski definition) is 1. The number of amides is 1. The molecule has 3 rings (SSSR count). The Morgan fingerprint density at radius 1 is 1.07 bits per heavy atom. The van der Waals surface area contributed by atoms with Gasteiger partial charge in [0.2, 0.25) is 10.0 Å². The Hall–Kier alpha value is -1.96. The highest BCUT2D eigenvalue weighted by atomic mass is 35.5. The Balaban J connectivity index is 1.64. The first kappa shape index (κ1) is 19.8. The van der Waals surface area contributed by atoms with Crippen molar-refractivity contribution in [2.75, 3.05) is 13.1 Å². The van der Waals surface area contributed by atoms with Crippen molar-refractivity contribution in [1.29, 1.82) is 0 Å². The maximum atomic E-state index is 13.1. The average molecular weight is 411 g/mol. The summed E-state index contributed by atoms with van der Waals surface area (Å²) in [5.74, 6) is -0.938. The van der Waals surface area contributed by atoms with E-state index in [9.17, 15) is 17.6 Å². The fourth-order valence-corrected chi connectivity index (χ4v) is 4.75. The van der Waals surface area contributed by atoms with E-state index in [2.05, 4.69) is 5.32 Å². The van der Waals surface area contributed by atoms with Crippen LogP contribution in [0.4, 0.5) is 4.39 Å². The van der Waals surface area contributed by atoms with Gasteiger partial charge in [0.15, 0.2) is 0 Å². The van der Waals surface area contributed by atoms with E-state index in [1.54, 1.807) is 24.3 Å². The van der Waals surface area contributed by atoms with E-state index in [0.29, 0.717) is 13.1 Å². The zero-order valence-corrected chi connectivity index (χ0v) is 16.2. The molecule has 5 nitrogen and oxygen atoms in total. The summed E-state index contributed by atoms with van der Waals surface area (Å²) in [6.07, 6.45) is 2.83. The second-order valence-corrected chi connectivity index (χ2v) is 8.76. The van der Waals surface area contributed by atoms with Gasteiger partial charge in [-0.25, -0.2) is 12.8 Å². The van der Waals surface area contributed by atoms with Crippen molar-refractivity contribution < 1.29 is 17.6 Å². The number of hydrogen-bond acceptors (Lipinski definition) is 3. The molecule has 0 atom stereocenters. The molecule has 1 fully saturated rings. The molecular formula is C19H20ClFN2O3S. The molecule has 27 heavy (non-hydrogen) atoms. The largest absolute Gasteiger partial charge is 0.348 e. The Morgan fingerprint density at radius 3 is 2.37 bits per heavy atom. The van der Waals surface area contributed by atoms with E-state index >= 15 is 0 Å². The number of sulfonamides is 1. The van der Waals surface area contributed by atoms with Crippen molar-refractivity contribution in [3.63, 3.8) is 0 Å². The first-order valence-corrected chi connectivity index (χ1v) is 10.5. The van der Waals surface area contributed by atoms with Gasteiger partial charge in [-0.05, 0) is 48.7 Å². The predicted molar refractivity (Wildman–Crippen MR) is 102 cm³/mol. The molecule has 1 heterocycles. The van der Waals surface area contributed by atoms with Crippen LogP contribution in [0.15, 0.2) is 47.4 Å². The molecule has 1 N–H and O–H groups in total. The molecule has 1 saturated heterocycles. The molecule has 2 aromatic rings. The normalized spacial score (nSPS) is 15.5. The van der Waals surface area contributed by atoms with Crippen LogP contribution in [0.1, 0.15) is 35.2 Å². The molecule has 0 aliphatic carbocycles. The maximum absolute atomic E-state index is 13.1. The van der Waals surface area contributed by atoms with Crippen LogP contribution >= 0.6 is 11.6 Å². The van der Waals surface area contributed by atoms with Crippen molar-refractivity contribution >= 4 is 27.5 Å². The fraction of sp³-hybridized carbons (Fsp3) is 0.316. The smallest absolute Gasteiger partial charge is 0.253 e. The quantitative estimate of drug-likeness (QED) is 0.819. The second-order valence-electron chi connectivity index (χ2n) is 6.42. The molecular weight excluding hydrogens is 391 g/mol. The van der Waals surface area contributed by atoms with Gasteiger partial charge in [-0.3, -0.25) is 4.79 Å². The average Bonchev–Trinajstić information content (AvgIpc) is 2.67. The molecule has 1 aliphatic rings. The number of halogens is 2. The van der Waals surface area contributed by atoms with Crippen molar-refractivity contribution in [3.8, 4) is 0 Å². The second kappa shape index (κ2) is 8.37. The van der Waals surface area contributed by atoms with Gasteiger partial charge in [0.25, 0.3) is 5.91 Å². The van der Waals surface area contributed by atoms with Crippen molar-refractivity contribution in [2.45, 2.75) is 30.7 Å². The lowest BCUT2D eigenvalue weighted by atomic mass is 10.2. The van der Waals surface area contributed by atoms with E-state index in [0.717, 1.165) is 30.9 Å². The Morgan fingerprint density at radius 2 is 1.74 bits per heavy atom. The summed E-state index contributed by atoms with van der Waals surface area (Å²) in [6, 6.07) is 10.0. The van der Waals surface area contributed by atoms with E-state index in [1.807, 2.05) is 0 Å². The number of piperidine rings is 1. The van der Waals surface area contributed by atoms with Gasteiger partial charge in [0, 0.05) is 19.6 Å². The highest BCUT2D eigenvalue weighted by Gasteiger charge is 2.25. The highest BCUT2D eigenvalue weighted by molar-refractivity contribution is 7.89. The van der Waals surface area contributed by atoms with Gasteiger partial charge in [-0.15, -0.1) is 0 Å². The Kier molecular flexibility index (Phi) is 6.14. The van der Waals surface area contributed by atoms with Crippen molar-refractivity contribution in [3.05, 3.63) is 64.4 Å². The van der Waals surface area contributed by atoms with Crippen LogP contribution in [-0.2, 0) is 16.6 Å². The van der Waals surface area contributed by atoms with Gasteiger partial charge < -0.3 is 5.32 Å². The number of carbonyl (C=O) groups is 1. The number of nitrogens with zero attached hydrogens (tertiary/aromatic N) is 1. The van der Waals surface area contributed by atoms with E-state index in [4.69, 9.17) is 11.6 Å². The van der Waals surface area contributed by atoms with Gasteiger partial charge in [-0.1, -0.05) is 30.2 Å². The minimum Gasteiger partial charge on any atom is -0.348 e. The van der Waals surface area contributed by atoms with E-state index < -0.39 is 21.7 Å². The zero-order valence-electron chi connectivity index (χ0n) is 14.6. The molecule has 0 bridgehead atoms. The first-order valence-electron chi connectivity index (χ1n) is 8.70. The molecule has 1 amide bonds. The molecule has 0 radical (unpaired) electrons. The van der Waals surface area contributed by atoms with E-state index in [-0.39, 0.29) is 22.0 Å². The summed E-state index contributed by atoms with van der Waals surface area (Å²) in [6.45, 7) is 1.31. The van der Waals surface area contributed by atoms with Crippen LogP contribution in [-0.4, -0.2) is 31.7 Å². The third kappa shape index (κ3) is 4.66. The topological polar surface area (TPSA) is 66.5 Å². The summed E-state index contributed by atoms with van der Waals surface area (Å²) in [5, 5.41) is 2.73. The summed E-state index contributed by atoms with van der Waals surface area (Å²) < 4.78 is 39.8. The van der Waals surface area contributed by atoms with Crippen LogP contribution in [0.25, 0.3) is 0 Å². The summed E-state index contributed by atoms with van der Waals surface area (Å²) in [7, 11) is -3.47. The van der Waals surface area contributed by atoms with Crippen LogP contribution in [0.3, 0.4) is 0 Å². The van der Waals surface area contributed by atoms with Crippen LogP contribution in [0.2, 0.25) is 5.02 Å². The number of nitrogens with one attached hydrogen (secondary N) is 1. The van der Waals surface area contributed by atoms with Crippen LogP contribution in [0.5, 0.6) is 0 Å². The standard InChI is InChI=1S/C19H20ClFN2O3S/c20-18-12-15(21)6-9-17(18)19(24)22-13-14-4-7-16(8-5-14)27(25,26)23-10-2-1-3-11-23/h4-9,12H,1-3,10-11,13H2,(H,22,24). The van der Waals surface area contributed by atoms with E-state index in [1.165, 1.54) is 16.4 Å². The lowest BCUT2D eigenvalue weighted by Crippen LogP contribution is -2.35.